The number of thioether (sulfide) groups is 1. The molecule has 2 rings (SSSR count). The fourth-order valence-electron chi connectivity index (χ4n) is 3.08. The highest BCUT2D eigenvalue weighted by atomic mass is 32.2. The second kappa shape index (κ2) is 7.13. The van der Waals surface area contributed by atoms with Crippen LogP contribution in [0.4, 0.5) is 26.3 Å². The Morgan fingerprint density at radius 1 is 1.32 bits per heavy atom. The summed E-state index contributed by atoms with van der Waals surface area (Å²) in [6.45, 7) is 1.82. The summed E-state index contributed by atoms with van der Waals surface area (Å²) in [5, 5.41) is 8.54. The van der Waals surface area contributed by atoms with Crippen molar-refractivity contribution in [2.45, 2.75) is 30.9 Å². The number of carbonyl (C=O) groups is 1. The molecule has 2 aliphatic rings. The second-order valence-electron chi connectivity index (χ2n) is 6.11. The van der Waals surface area contributed by atoms with Crippen LogP contribution in [0.2, 0.25) is 0 Å². The van der Waals surface area contributed by atoms with Crippen molar-refractivity contribution in [1.29, 1.82) is 0 Å². The van der Waals surface area contributed by atoms with Gasteiger partial charge in [0.05, 0.1) is 17.2 Å². The minimum Gasteiger partial charge on any atom is -0.481 e. The molecule has 0 aromatic heterocycles. The molecule has 1 fully saturated rings. The summed E-state index contributed by atoms with van der Waals surface area (Å²) < 4.78 is 78.5. The minimum absolute atomic E-state index is 0.00979. The van der Waals surface area contributed by atoms with Crippen LogP contribution in [0.5, 0.6) is 0 Å². The Hall–Kier alpha value is -1.32. The molecule has 1 N–H and O–H groups in total. The first kappa shape index (κ1) is 20.0. The lowest BCUT2D eigenvalue weighted by Crippen LogP contribution is -2.37. The molecule has 0 aromatic rings. The zero-order valence-electron chi connectivity index (χ0n) is 13.2. The third-order valence-electron chi connectivity index (χ3n) is 4.33. The molecule has 0 bridgehead atoms. The van der Waals surface area contributed by atoms with Gasteiger partial charge in [0, 0.05) is 30.0 Å². The van der Waals surface area contributed by atoms with Crippen molar-refractivity contribution in [2.24, 2.45) is 11.8 Å². The van der Waals surface area contributed by atoms with Gasteiger partial charge in [-0.2, -0.15) is 26.3 Å². The summed E-state index contributed by atoms with van der Waals surface area (Å²) in [6, 6.07) is 0. The molecular formula is C15H17F6NO2S. The van der Waals surface area contributed by atoms with Crippen LogP contribution >= 0.6 is 11.8 Å². The van der Waals surface area contributed by atoms with E-state index in [9.17, 15) is 31.1 Å². The highest BCUT2D eigenvalue weighted by molar-refractivity contribution is 8.00. The van der Waals surface area contributed by atoms with Crippen LogP contribution in [0.1, 0.15) is 13.3 Å². The van der Waals surface area contributed by atoms with Crippen LogP contribution in [0.25, 0.3) is 0 Å². The third kappa shape index (κ3) is 4.86. The zero-order chi connectivity index (χ0) is 19.0. The fourth-order valence-corrected chi connectivity index (χ4v) is 4.02. The number of aliphatic carboxylic acids is 1. The molecule has 10 heteroatoms. The van der Waals surface area contributed by atoms with Crippen molar-refractivity contribution in [3.63, 3.8) is 0 Å². The normalized spacial score (nSPS) is 28.0. The van der Waals surface area contributed by atoms with E-state index < -0.39 is 35.7 Å². The van der Waals surface area contributed by atoms with Crippen LogP contribution < -0.4 is 0 Å². The number of halogens is 6. The SMILES string of the molecule is CC1C(N2CCC(SCC(=O)O)C2)=CC(C(F)(F)F)=CC1C(F)(F)F. The van der Waals surface area contributed by atoms with Gasteiger partial charge in [-0.15, -0.1) is 11.8 Å². The van der Waals surface area contributed by atoms with E-state index >= 15 is 0 Å². The third-order valence-corrected chi connectivity index (χ3v) is 5.60. The average Bonchev–Trinajstić information content (AvgIpc) is 2.91. The van der Waals surface area contributed by atoms with Gasteiger partial charge in [0.15, 0.2) is 0 Å². The molecule has 0 spiro atoms. The molecule has 25 heavy (non-hydrogen) atoms. The molecular weight excluding hydrogens is 372 g/mol. The molecule has 1 saturated heterocycles. The molecule has 3 unspecified atom stereocenters. The van der Waals surface area contributed by atoms with Gasteiger partial charge in [-0.1, -0.05) is 13.0 Å². The lowest BCUT2D eigenvalue weighted by Gasteiger charge is -2.35. The summed E-state index contributed by atoms with van der Waals surface area (Å²) in [5.74, 6) is -4.48. The van der Waals surface area contributed by atoms with Crippen LogP contribution in [0, 0.1) is 11.8 Å². The van der Waals surface area contributed by atoms with E-state index in [2.05, 4.69) is 0 Å². The van der Waals surface area contributed by atoms with Crippen molar-refractivity contribution < 1.29 is 36.2 Å². The maximum absolute atomic E-state index is 13.2. The molecule has 0 aromatic carbocycles. The summed E-state index contributed by atoms with van der Waals surface area (Å²) in [4.78, 5) is 12.1. The van der Waals surface area contributed by atoms with Crippen LogP contribution in [-0.2, 0) is 4.79 Å². The van der Waals surface area contributed by atoms with Gasteiger partial charge < -0.3 is 10.0 Å². The molecule has 1 aliphatic carbocycles. The lowest BCUT2D eigenvalue weighted by molar-refractivity contribution is -0.172. The van der Waals surface area contributed by atoms with Crippen molar-refractivity contribution in [3.8, 4) is 0 Å². The fraction of sp³-hybridized carbons (Fsp3) is 0.667. The standard InChI is InChI=1S/C15H17F6NO2S/c1-8-11(15(19,20)21)4-9(14(16,17)18)5-12(8)22-3-2-10(6-22)25-7-13(23)24/h4-5,8,10-11H,2-3,6-7H2,1H3,(H,23,24). The lowest BCUT2D eigenvalue weighted by atomic mass is 9.83. The van der Waals surface area contributed by atoms with Gasteiger partial charge in [0.25, 0.3) is 0 Å². The minimum atomic E-state index is -4.86. The van der Waals surface area contributed by atoms with Gasteiger partial charge >= 0.3 is 18.3 Å². The first-order valence-electron chi connectivity index (χ1n) is 7.55. The summed E-state index contributed by atoms with van der Waals surface area (Å²) in [5.41, 5.74) is -1.28. The molecule has 1 heterocycles. The van der Waals surface area contributed by atoms with Crippen LogP contribution in [0.15, 0.2) is 23.4 Å². The number of nitrogens with zero attached hydrogens (tertiary/aromatic N) is 1. The predicted molar refractivity (Wildman–Crippen MR) is 81.0 cm³/mol. The van der Waals surface area contributed by atoms with E-state index in [1.165, 1.54) is 11.8 Å². The molecule has 3 nitrogen and oxygen atoms in total. The van der Waals surface area contributed by atoms with Gasteiger partial charge in [-0.25, -0.2) is 0 Å². The topological polar surface area (TPSA) is 40.5 Å². The maximum atomic E-state index is 13.2. The van der Waals surface area contributed by atoms with E-state index in [4.69, 9.17) is 5.11 Å². The molecule has 1 aliphatic heterocycles. The summed E-state index contributed by atoms with van der Waals surface area (Å²) in [6.07, 6.45) is -8.07. The number of likely N-dealkylation sites (tertiary alicyclic amines) is 1. The Kier molecular flexibility index (Phi) is 5.70. The van der Waals surface area contributed by atoms with Gasteiger partial charge in [0.2, 0.25) is 0 Å². The Balaban J connectivity index is 2.22. The Morgan fingerprint density at radius 2 is 1.96 bits per heavy atom. The van der Waals surface area contributed by atoms with E-state index in [0.717, 1.165) is 17.8 Å². The Bertz CT molecular complexity index is 584. The predicted octanol–water partition coefficient (Wildman–Crippen LogP) is 4.08. The smallest absolute Gasteiger partial charge is 0.416 e. The van der Waals surface area contributed by atoms with Crippen molar-refractivity contribution >= 4 is 17.7 Å². The molecule has 3 atom stereocenters. The number of rotatable bonds is 4. The van der Waals surface area contributed by atoms with E-state index in [1.54, 1.807) is 0 Å². The first-order chi connectivity index (χ1) is 11.4. The first-order valence-corrected chi connectivity index (χ1v) is 8.60. The summed E-state index contributed by atoms with van der Waals surface area (Å²) in [7, 11) is 0. The maximum Gasteiger partial charge on any atom is 0.416 e. The molecule has 0 amide bonds. The van der Waals surface area contributed by atoms with Crippen molar-refractivity contribution in [2.75, 3.05) is 18.8 Å². The molecule has 0 radical (unpaired) electrons. The number of carboxylic acid groups (broad SMARTS) is 1. The van der Waals surface area contributed by atoms with Crippen molar-refractivity contribution in [1.82, 2.24) is 4.90 Å². The second-order valence-corrected chi connectivity index (χ2v) is 7.40. The summed E-state index contributed by atoms with van der Waals surface area (Å²) >= 11 is 1.15. The zero-order valence-corrected chi connectivity index (χ0v) is 14.0. The van der Waals surface area contributed by atoms with Gasteiger partial charge in [-0.05, 0) is 12.5 Å². The number of carboxylic acids is 1. The number of alkyl halides is 6. The van der Waals surface area contributed by atoms with Crippen molar-refractivity contribution in [3.05, 3.63) is 23.4 Å². The Morgan fingerprint density at radius 3 is 2.48 bits per heavy atom. The quantitative estimate of drug-likeness (QED) is 0.736. The van der Waals surface area contributed by atoms with Crippen LogP contribution in [0.3, 0.4) is 0 Å². The van der Waals surface area contributed by atoms with Gasteiger partial charge in [0.1, 0.15) is 0 Å². The average molecular weight is 389 g/mol. The number of allylic oxidation sites excluding steroid dienone is 4. The highest BCUT2D eigenvalue weighted by Gasteiger charge is 2.48. The number of hydrogen-bond donors (Lipinski definition) is 1. The highest BCUT2D eigenvalue weighted by Crippen LogP contribution is 2.45. The molecule has 142 valence electrons. The number of hydrogen-bond acceptors (Lipinski definition) is 3. The van der Waals surface area contributed by atoms with Crippen LogP contribution in [-0.4, -0.2) is 52.4 Å². The molecule has 0 saturated carbocycles. The largest absolute Gasteiger partial charge is 0.481 e. The van der Waals surface area contributed by atoms with E-state index in [0.29, 0.717) is 13.0 Å². The van der Waals surface area contributed by atoms with E-state index in [-0.39, 0.29) is 29.3 Å². The Labute approximate surface area is 144 Å². The monoisotopic (exact) mass is 389 g/mol. The van der Waals surface area contributed by atoms with Gasteiger partial charge in [-0.3, -0.25) is 4.79 Å². The van der Waals surface area contributed by atoms with E-state index in [1.807, 2.05) is 0 Å².